The summed E-state index contributed by atoms with van der Waals surface area (Å²) in [5, 5.41) is 0. The second-order valence-electron chi connectivity index (χ2n) is 8.00. The van der Waals surface area contributed by atoms with Crippen LogP contribution in [0.1, 0.15) is 52.4 Å². The van der Waals surface area contributed by atoms with Gasteiger partial charge in [0.25, 0.3) is 0 Å². The van der Waals surface area contributed by atoms with Crippen molar-refractivity contribution in [1.29, 1.82) is 0 Å². The summed E-state index contributed by atoms with van der Waals surface area (Å²) in [7, 11) is 0. The highest BCUT2D eigenvalue weighted by molar-refractivity contribution is 5.88. The number of fused-ring (bicyclic) bond motifs is 5. The lowest BCUT2D eigenvalue weighted by Gasteiger charge is -2.51. The predicted molar refractivity (Wildman–Crippen MR) is 92.0 cm³/mol. The molecule has 4 aliphatic rings. The van der Waals surface area contributed by atoms with E-state index in [1.807, 2.05) is 6.92 Å². The molecule has 0 aromatic heterocycles. The van der Waals surface area contributed by atoms with Crippen molar-refractivity contribution >= 4 is 5.78 Å². The Bertz CT molecular complexity index is 611. The number of carbonyl (C=O) groups excluding carboxylic acids is 1. The quantitative estimate of drug-likeness (QED) is 0.711. The zero-order valence-electron chi connectivity index (χ0n) is 14.4. The van der Waals surface area contributed by atoms with E-state index < -0.39 is 0 Å². The van der Waals surface area contributed by atoms with E-state index in [0.29, 0.717) is 30.8 Å². The van der Waals surface area contributed by atoms with E-state index in [1.54, 1.807) is 5.57 Å². The van der Waals surface area contributed by atoms with E-state index in [0.717, 1.165) is 25.7 Å². The second-order valence-corrected chi connectivity index (χ2v) is 8.00. The van der Waals surface area contributed by atoms with Crippen LogP contribution in [0.25, 0.3) is 0 Å². The van der Waals surface area contributed by atoms with Crippen molar-refractivity contribution in [3.8, 4) is 0 Å². The van der Waals surface area contributed by atoms with Crippen molar-refractivity contribution in [2.45, 2.75) is 52.4 Å². The molecule has 2 heteroatoms. The first-order valence-corrected chi connectivity index (χ1v) is 9.30. The van der Waals surface area contributed by atoms with Crippen LogP contribution >= 0.6 is 0 Å². The van der Waals surface area contributed by atoms with Gasteiger partial charge in [0.05, 0.1) is 12.0 Å². The average Bonchev–Trinajstić information content (AvgIpc) is 2.90. The van der Waals surface area contributed by atoms with Crippen molar-refractivity contribution in [1.82, 2.24) is 0 Å². The summed E-state index contributed by atoms with van der Waals surface area (Å²) in [5.41, 5.74) is 3.12. The highest BCUT2D eigenvalue weighted by Crippen LogP contribution is 2.61. The predicted octanol–water partition coefficient (Wildman–Crippen LogP) is 4.62. The van der Waals surface area contributed by atoms with E-state index in [1.165, 1.54) is 18.4 Å². The molecule has 0 amide bonds. The number of Topliss-reactive ketones (excluding diaryl/α,β-unsaturated/α-hetero) is 1. The van der Waals surface area contributed by atoms with E-state index in [9.17, 15) is 4.79 Å². The van der Waals surface area contributed by atoms with Crippen LogP contribution in [-0.4, -0.2) is 19.0 Å². The van der Waals surface area contributed by atoms with E-state index in [4.69, 9.17) is 4.74 Å². The van der Waals surface area contributed by atoms with Crippen LogP contribution < -0.4 is 0 Å². The van der Waals surface area contributed by atoms with Crippen LogP contribution in [0.3, 0.4) is 0 Å². The van der Waals surface area contributed by atoms with Crippen molar-refractivity contribution in [2.75, 3.05) is 13.2 Å². The minimum absolute atomic E-state index is 0.209. The van der Waals surface area contributed by atoms with Gasteiger partial charge in [0.15, 0.2) is 0 Å². The van der Waals surface area contributed by atoms with Gasteiger partial charge in [-0.15, -0.1) is 0 Å². The molecule has 4 aliphatic carbocycles. The van der Waals surface area contributed by atoms with Gasteiger partial charge in [-0.3, -0.25) is 4.79 Å². The Morgan fingerprint density at radius 2 is 2.22 bits per heavy atom. The molecule has 0 unspecified atom stereocenters. The third-order valence-electron chi connectivity index (χ3n) is 7.06. The number of carbonyl (C=O) groups is 1. The van der Waals surface area contributed by atoms with Gasteiger partial charge in [0.2, 0.25) is 0 Å². The molecule has 1 saturated carbocycles. The molecule has 0 aromatic rings. The van der Waals surface area contributed by atoms with E-state index >= 15 is 0 Å². The summed E-state index contributed by atoms with van der Waals surface area (Å²) >= 11 is 0. The Labute approximate surface area is 139 Å². The van der Waals surface area contributed by atoms with Gasteiger partial charge in [0, 0.05) is 18.4 Å². The highest BCUT2D eigenvalue weighted by atomic mass is 16.5. The standard InChI is InChI=1S/C21H28O2/c1-3-23-14-21-13-11-17-16(18(21)9-10-19(21)22)8-7-15-6-4-5-12-20(15,17)2/h4,6-7,11,16,18H,3,5,8-10,12-14H2,1-2H3/t16-,18+,20+,21-/m1/s1. The molecule has 23 heavy (non-hydrogen) atoms. The summed E-state index contributed by atoms with van der Waals surface area (Å²) in [6.07, 6.45) is 15.8. The van der Waals surface area contributed by atoms with Gasteiger partial charge < -0.3 is 4.74 Å². The summed E-state index contributed by atoms with van der Waals surface area (Å²) in [5.74, 6) is 1.49. The van der Waals surface area contributed by atoms with Gasteiger partial charge in [-0.25, -0.2) is 0 Å². The van der Waals surface area contributed by atoms with Crippen LogP contribution in [0.2, 0.25) is 0 Å². The molecule has 2 nitrogen and oxygen atoms in total. The Morgan fingerprint density at radius 1 is 1.35 bits per heavy atom. The minimum Gasteiger partial charge on any atom is -0.381 e. The second kappa shape index (κ2) is 5.44. The zero-order chi connectivity index (χ0) is 16.1. The Hall–Kier alpha value is -1.15. The molecular weight excluding hydrogens is 284 g/mol. The normalized spacial score (nSPS) is 41.7. The molecule has 0 spiro atoms. The maximum Gasteiger partial charge on any atom is 0.141 e. The number of allylic oxidation sites excluding steroid dienone is 6. The molecule has 0 radical (unpaired) electrons. The molecule has 1 fully saturated rings. The first-order valence-electron chi connectivity index (χ1n) is 9.30. The van der Waals surface area contributed by atoms with Gasteiger partial charge in [-0.1, -0.05) is 36.8 Å². The molecule has 0 N–H and O–H groups in total. The van der Waals surface area contributed by atoms with Crippen LogP contribution in [0, 0.1) is 22.7 Å². The fourth-order valence-corrected chi connectivity index (χ4v) is 5.76. The molecular formula is C21H28O2. The lowest BCUT2D eigenvalue weighted by molar-refractivity contribution is -0.132. The largest absolute Gasteiger partial charge is 0.381 e. The van der Waals surface area contributed by atoms with Crippen molar-refractivity contribution in [3.05, 3.63) is 35.5 Å². The fraction of sp³-hybridized carbons (Fsp3) is 0.667. The lowest BCUT2D eigenvalue weighted by atomic mass is 9.53. The third-order valence-corrected chi connectivity index (χ3v) is 7.06. The van der Waals surface area contributed by atoms with E-state index in [2.05, 4.69) is 31.2 Å². The van der Waals surface area contributed by atoms with Crippen LogP contribution in [0.4, 0.5) is 0 Å². The molecule has 0 saturated heterocycles. The summed E-state index contributed by atoms with van der Waals surface area (Å²) < 4.78 is 5.78. The molecule has 4 atom stereocenters. The average molecular weight is 312 g/mol. The number of hydrogen-bond acceptors (Lipinski definition) is 2. The lowest BCUT2D eigenvalue weighted by Crippen LogP contribution is -2.46. The fourth-order valence-electron chi connectivity index (χ4n) is 5.76. The maximum absolute atomic E-state index is 12.7. The van der Waals surface area contributed by atoms with Crippen molar-refractivity contribution in [3.63, 3.8) is 0 Å². The van der Waals surface area contributed by atoms with Gasteiger partial charge in [-0.05, 0) is 56.4 Å². The first-order chi connectivity index (χ1) is 11.1. The molecule has 0 heterocycles. The van der Waals surface area contributed by atoms with Crippen molar-refractivity contribution in [2.24, 2.45) is 22.7 Å². The molecule has 0 aromatic carbocycles. The summed E-state index contributed by atoms with van der Waals surface area (Å²) in [6.45, 7) is 5.78. The third kappa shape index (κ3) is 2.07. The van der Waals surface area contributed by atoms with Crippen molar-refractivity contribution < 1.29 is 9.53 Å². The molecule has 0 bridgehead atoms. The minimum atomic E-state index is -0.226. The zero-order valence-corrected chi connectivity index (χ0v) is 14.4. The van der Waals surface area contributed by atoms with Crippen LogP contribution in [0.5, 0.6) is 0 Å². The first kappa shape index (κ1) is 15.4. The van der Waals surface area contributed by atoms with Gasteiger partial charge in [-0.2, -0.15) is 0 Å². The van der Waals surface area contributed by atoms with Gasteiger partial charge >= 0.3 is 0 Å². The number of ketones is 1. The number of hydrogen-bond donors (Lipinski definition) is 0. The molecule has 124 valence electrons. The van der Waals surface area contributed by atoms with Crippen LogP contribution in [0.15, 0.2) is 35.5 Å². The Balaban J connectivity index is 1.73. The van der Waals surface area contributed by atoms with E-state index in [-0.39, 0.29) is 10.8 Å². The number of ether oxygens (including phenoxy) is 1. The Kier molecular flexibility index (Phi) is 3.64. The Morgan fingerprint density at radius 3 is 3.04 bits per heavy atom. The monoisotopic (exact) mass is 312 g/mol. The highest BCUT2D eigenvalue weighted by Gasteiger charge is 2.57. The smallest absolute Gasteiger partial charge is 0.141 e. The van der Waals surface area contributed by atoms with Crippen LogP contribution in [-0.2, 0) is 9.53 Å². The summed E-state index contributed by atoms with van der Waals surface area (Å²) in [6, 6.07) is 0. The topological polar surface area (TPSA) is 26.3 Å². The molecule has 0 aliphatic heterocycles. The maximum atomic E-state index is 12.7. The molecule has 4 rings (SSSR count). The summed E-state index contributed by atoms with van der Waals surface area (Å²) in [4.78, 5) is 12.7. The van der Waals surface area contributed by atoms with Gasteiger partial charge in [0.1, 0.15) is 5.78 Å². The number of rotatable bonds is 3. The SMILES string of the molecule is CCOC[C@]12CC=C3[C@@H](CC=C4C=CCC[C@@]43C)[C@@H]1CCC2=O.